The summed E-state index contributed by atoms with van der Waals surface area (Å²) < 4.78 is 1.83. The molecule has 0 spiro atoms. The summed E-state index contributed by atoms with van der Waals surface area (Å²) in [4.78, 5) is 18.9. The van der Waals surface area contributed by atoms with E-state index in [9.17, 15) is 4.79 Å². The van der Waals surface area contributed by atoms with Gasteiger partial charge in [0, 0.05) is 54.1 Å². The van der Waals surface area contributed by atoms with Crippen molar-refractivity contribution in [2.24, 2.45) is 4.99 Å². The van der Waals surface area contributed by atoms with Gasteiger partial charge >= 0.3 is 0 Å². The first-order valence-electron chi connectivity index (χ1n) is 9.18. The van der Waals surface area contributed by atoms with Gasteiger partial charge in [-0.1, -0.05) is 6.07 Å². The molecule has 0 aliphatic carbocycles. The first kappa shape index (κ1) is 23.7. The molecule has 2 aromatic heterocycles. The third-order valence-electron chi connectivity index (χ3n) is 4.28. The fourth-order valence-corrected chi connectivity index (χ4v) is 3.91. The van der Waals surface area contributed by atoms with Gasteiger partial charge in [0.05, 0.1) is 0 Å². The molecular formula is C20H31IN4OS. The number of rotatable bonds is 8. The fourth-order valence-electron chi connectivity index (χ4n) is 2.89. The molecule has 0 aliphatic rings. The Labute approximate surface area is 183 Å². The molecule has 0 saturated carbocycles. The third-order valence-corrected chi connectivity index (χ3v) is 5.30. The van der Waals surface area contributed by atoms with Crippen LogP contribution in [-0.4, -0.2) is 30.2 Å². The van der Waals surface area contributed by atoms with Gasteiger partial charge in [-0.3, -0.25) is 9.79 Å². The lowest BCUT2D eigenvalue weighted by molar-refractivity contribution is 0.571. The van der Waals surface area contributed by atoms with Crippen LogP contribution in [0.25, 0.3) is 0 Å². The number of pyridine rings is 1. The molecule has 1 atom stereocenters. The van der Waals surface area contributed by atoms with Gasteiger partial charge in [-0.2, -0.15) is 0 Å². The second kappa shape index (κ2) is 12.2. The summed E-state index contributed by atoms with van der Waals surface area (Å²) in [5.41, 5.74) is 1.09. The van der Waals surface area contributed by atoms with Gasteiger partial charge < -0.3 is 15.2 Å². The predicted octanol–water partition coefficient (Wildman–Crippen LogP) is 3.72. The van der Waals surface area contributed by atoms with Crippen LogP contribution in [0.4, 0.5) is 0 Å². The highest BCUT2D eigenvalue weighted by Gasteiger charge is 2.07. The van der Waals surface area contributed by atoms with Crippen LogP contribution in [0.1, 0.15) is 35.2 Å². The zero-order chi connectivity index (χ0) is 18.9. The lowest BCUT2D eigenvalue weighted by atomic mass is 10.2. The third kappa shape index (κ3) is 8.04. The van der Waals surface area contributed by atoms with Crippen LogP contribution in [0.15, 0.2) is 40.1 Å². The summed E-state index contributed by atoms with van der Waals surface area (Å²) in [5.74, 6) is 0.832. The molecule has 0 fully saturated rings. The molecule has 0 amide bonds. The normalized spacial score (nSPS) is 12.4. The van der Waals surface area contributed by atoms with Gasteiger partial charge in [-0.25, -0.2) is 0 Å². The zero-order valence-corrected chi connectivity index (χ0v) is 19.8. The number of hydrogen-bond acceptors (Lipinski definition) is 3. The maximum atomic E-state index is 11.9. The monoisotopic (exact) mass is 502 g/mol. The van der Waals surface area contributed by atoms with Crippen molar-refractivity contribution in [2.75, 3.05) is 13.6 Å². The van der Waals surface area contributed by atoms with Crippen LogP contribution < -0.4 is 16.2 Å². The first-order valence-corrected chi connectivity index (χ1v) is 10.00. The Morgan fingerprint density at radius 3 is 2.63 bits per heavy atom. The van der Waals surface area contributed by atoms with Gasteiger partial charge in [0.1, 0.15) is 0 Å². The van der Waals surface area contributed by atoms with E-state index in [4.69, 9.17) is 0 Å². The van der Waals surface area contributed by atoms with Gasteiger partial charge in [0.15, 0.2) is 5.96 Å². The van der Waals surface area contributed by atoms with Crippen LogP contribution in [0.2, 0.25) is 0 Å². The topological polar surface area (TPSA) is 58.4 Å². The summed E-state index contributed by atoms with van der Waals surface area (Å²) in [6.07, 6.45) is 2.94. The van der Waals surface area contributed by atoms with Gasteiger partial charge in [-0.15, -0.1) is 35.3 Å². The molecule has 0 aromatic carbocycles. The Balaban J connectivity index is 0.00000364. The number of nitrogens with one attached hydrogen (secondary N) is 2. The van der Waals surface area contributed by atoms with E-state index in [1.54, 1.807) is 13.1 Å². The molecule has 150 valence electrons. The lowest BCUT2D eigenvalue weighted by Crippen LogP contribution is -2.43. The number of halogens is 1. The largest absolute Gasteiger partial charge is 0.356 e. The number of unbranched alkanes of at least 4 members (excludes halogenated alkanes) is 1. The molecule has 7 heteroatoms. The predicted molar refractivity (Wildman–Crippen MR) is 127 cm³/mol. The molecule has 0 bridgehead atoms. The van der Waals surface area contributed by atoms with Crippen molar-refractivity contribution < 1.29 is 0 Å². The minimum Gasteiger partial charge on any atom is -0.356 e. The summed E-state index contributed by atoms with van der Waals surface area (Å²) in [6, 6.07) is 10.1. The highest BCUT2D eigenvalue weighted by molar-refractivity contribution is 14.0. The molecule has 0 radical (unpaired) electrons. The van der Waals surface area contributed by atoms with Gasteiger partial charge in [0.25, 0.3) is 5.56 Å². The second-order valence-electron chi connectivity index (χ2n) is 6.63. The van der Waals surface area contributed by atoms with Crippen LogP contribution in [0, 0.1) is 13.8 Å². The van der Waals surface area contributed by atoms with Crippen molar-refractivity contribution in [3.05, 3.63) is 56.1 Å². The van der Waals surface area contributed by atoms with Crippen molar-refractivity contribution in [1.82, 2.24) is 15.2 Å². The van der Waals surface area contributed by atoms with E-state index in [1.807, 2.05) is 35.0 Å². The number of aromatic nitrogens is 1. The first-order chi connectivity index (χ1) is 12.5. The van der Waals surface area contributed by atoms with E-state index >= 15 is 0 Å². The smallest absolute Gasteiger partial charge is 0.250 e. The highest BCUT2D eigenvalue weighted by atomic mass is 127. The van der Waals surface area contributed by atoms with Gasteiger partial charge in [-0.05, 0) is 51.8 Å². The van der Waals surface area contributed by atoms with Crippen LogP contribution >= 0.6 is 35.3 Å². The van der Waals surface area contributed by atoms with E-state index in [-0.39, 0.29) is 29.5 Å². The average Bonchev–Trinajstić information content (AvgIpc) is 3.00. The van der Waals surface area contributed by atoms with Crippen molar-refractivity contribution in [1.29, 1.82) is 0 Å². The number of hydrogen-bond donors (Lipinski definition) is 2. The highest BCUT2D eigenvalue weighted by Crippen LogP contribution is 2.16. The Hall–Kier alpha value is -1.35. The Morgan fingerprint density at radius 2 is 2.00 bits per heavy atom. The van der Waals surface area contributed by atoms with E-state index in [1.165, 1.54) is 9.75 Å². The van der Waals surface area contributed by atoms with E-state index in [0.29, 0.717) is 6.04 Å². The van der Waals surface area contributed by atoms with Crippen molar-refractivity contribution >= 4 is 41.3 Å². The molecule has 2 N–H and O–H groups in total. The summed E-state index contributed by atoms with van der Waals surface area (Å²) in [7, 11) is 1.80. The molecule has 5 nitrogen and oxygen atoms in total. The van der Waals surface area contributed by atoms with E-state index in [2.05, 4.69) is 41.6 Å². The number of nitrogens with zero attached hydrogens (tertiary/aromatic N) is 2. The molecule has 2 heterocycles. The van der Waals surface area contributed by atoms with Crippen LogP contribution in [0.5, 0.6) is 0 Å². The quantitative estimate of drug-likeness (QED) is 0.251. The number of aliphatic imine (C=N–C) groups is 1. The molecule has 0 aliphatic heterocycles. The minimum atomic E-state index is 0. The van der Waals surface area contributed by atoms with Gasteiger partial charge in [0.2, 0.25) is 0 Å². The van der Waals surface area contributed by atoms with Crippen LogP contribution in [0.3, 0.4) is 0 Å². The maximum Gasteiger partial charge on any atom is 0.250 e. The van der Waals surface area contributed by atoms with Crippen LogP contribution in [-0.2, 0) is 13.0 Å². The number of guanidine groups is 1. The summed E-state index contributed by atoms with van der Waals surface area (Å²) in [6.45, 7) is 7.88. The molecule has 2 aromatic rings. The number of thiophene rings is 1. The van der Waals surface area contributed by atoms with Crippen molar-refractivity contribution in [3.63, 3.8) is 0 Å². The van der Waals surface area contributed by atoms with E-state index in [0.717, 1.165) is 44.0 Å². The Bertz CT molecular complexity index is 784. The van der Waals surface area contributed by atoms with Crippen molar-refractivity contribution in [2.45, 2.75) is 52.6 Å². The average molecular weight is 502 g/mol. The molecule has 2 rings (SSSR count). The minimum absolute atomic E-state index is 0. The molecular weight excluding hydrogens is 471 g/mol. The fraction of sp³-hybridized carbons (Fsp3) is 0.500. The maximum absolute atomic E-state index is 11.9. The molecule has 27 heavy (non-hydrogen) atoms. The zero-order valence-electron chi connectivity index (χ0n) is 16.6. The molecule has 0 saturated heterocycles. The lowest BCUT2D eigenvalue weighted by Gasteiger charge is -2.17. The van der Waals surface area contributed by atoms with E-state index < -0.39 is 0 Å². The molecule has 1 unspecified atom stereocenters. The Kier molecular flexibility index (Phi) is 10.7. The van der Waals surface area contributed by atoms with Crippen molar-refractivity contribution in [3.8, 4) is 0 Å². The second-order valence-corrected chi connectivity index (χ2v) is 8.00. The standard InChI is InChI=1S/C20H30N4OS.HI/c1-15(14-18-11-10-17(3)26-18)23-20(21-4)22-12-5-6-13-24-16(2)8-7-9-19(24)25;/h7-11,15H,5-6,12-14H2,1-4H3,(H2,21,22,23);1H. The SMILES string of the molecule is CN=C(NCCCCn1c(C)cccc1=O)NC(C)Cc1ccc(C)s1.I. The summed E-state index contributed by atoms with van der Waals surface area (Å²) >= 11 is 1.85. The summed E-state index contributed by atoms with van der Waals surface area (Å²) in [5, 5.41) is 6.80. The Morgan fingerprint density at radius 1 is 1.22 bits per heavy atom. The number of aryl methyl sites for hydroxylation is 2.